The zero-order chi connectivity index (χ0) is 23.5. The Hall–Kier alpha value is -2.19. The Morgan fingerprint density at radius 2 is 1.94 bits per heavy atom. The molecule has 0 aliphatic rings. The molecule has 32 heavy (non-hydrogen) atoms. The van der Waals surface area contributed by atoms with E-state index in [0.717, 1.165) is 18.2 Å². The van der Waals surface area contributed by atoms with Crippen LogP contribution >= 0.6 is 22.6 Å². The molecule has 1 N–H and O–H groups in total. The van der Waals surface area contributed by atoms with Gasteiger partial charge in [0.25, 0.3) is 0 Å². The van der Waals surface area contributed by atoms with Gasteiger partial charge in [-0.3, -0.25) is 0 Å². The predicted octanol–water partition coefficient (Wildman–Crippen LogP) is 4.54. The number of carbonyl (C=O) groups is 1. The van der Waals surface area contributed by atoms with Crippen LogP contribution in [0.5, 0.6) is 0 Å². The summed E-state index contributed by atoms with van der Waals surface area (Å²) >= 11 is 2.02. The van der Waals surface area contributed by atoms with Gasteiger partial charge in [-0.25, -0.2) is 28.2 Å². The molecule has 0 aliphatic carbocycles. The van der Waals surface area contributed by atoms with Gasteiger partial charge in [0, 0.05) is 21.7 Å². The summed E-state index contributed by atoms with van der Waals surface area (Å²) in [4.78, 5) is 19.7. The number of fused-ring (bicyclic) bond motifs is 1. The molecule has 8 nitrogen and oxygen atoms in total. The summed E-state index contributed by atoms with van der Waals surface area (Å²) in [7, 11) is 0.196. The maximum absolute atomic E-state index is 14.7. The number of nitrogens with one attached hydrogen (secondary N) is 1. The molecule has 0 fully saturated rings. The van der Waals surface area contributed by atoms with E-state index < -0.39 is 25.8 Å². The van der Waals surface area contributed by atoms with Gasteiger partial charge >= 0.3 is 6.09 Å². The molecule has 0 spiro atoms. The van der Waals surface area contributed by atoms with Crippen LogP contribution in [0.4, 0.5) is 13.6 Å². The van der Waals surface area contributed by atoms with E-state index in [1.807, 2.05) is 22.6 Å². The maximum Gasteiger partial charge on any atom is 0.407 e. The second kappa shape index (κ2) is 10.2. The van der Waals surface area contributed by atoms with Crippen LogP contribution in [-0.2, 0) is 22.8 Å². The van der Waals surface area contributed by atoms with Gasteiger partial charge < -0.3 is 14.8 Å². The molecule has 0 atom stereocenters. The van der Waals surface area contributed by atoms with Crippen LogP contribution in [0.25, 0.3) is 22.4 Å². The Labute approximate surface area is 198 Å². The first-order valence-corrected chi connectivity index (χ1v) is 14.7. The van der Waals surface area contributed by atoms with Crippen molar-refractivity contribution in [1.82, 2.24) is 25.1 Å². The average molecular weight is 575 g/mol. The smallest absolute Gasteiger partial charge is 0.407 e. The lowest BCUT2D eigenvalue weighted by Gasteiger charge is -2.15. The van der Waals surface area contributed by atoms with Crippen molar-refractivity contribution in [2.45, 2.75) is 39.0 Å². The summed E-state index contributed by atoms with van der Waals surface area (Å²) < 4.78 is 42.2. The van der Waals surface area contributed by atoms with E-state index in [0.29, 0.717) is 21.3 Å². The molecule has 0 saturated heterocycles. The first kappa shape index (κ1) is 24.4. The van der Waals surface area contributed by atoms with Gasteiger partial charge in [0.2, 0.25) is 0 Å². The molecule has 1 amide bonds. The largest absolute Gasteiger partial charge is 0.445 e. The number of halogens is 3. The van der Waals surface area contributed by atoms with Gasteiger partial charge in [-0.1, -0.05) is 19.6 Å². The van der Waals surface area contributed by atoms with Crippen LogP contribution in [0.2, 0.25) is 25.7 Å². The van der Waals surface area contributed by atoms with E-state index in [-0.39, 0.29) is 30.3 Å². The predicted molar refractivity (Wildman–Crippen MR) is 127 cm³/mol. The topological polar surface area (TPSA) is 91.2 Å². The fourth-order valence-corrected chi connectivity index (χ4v) is 4.23. The average Bonchev–Trinajstić information content (AvgIpc) is 3.03. The third-order valence-corrected chi connectivity index (χ3v) is 6.99. The Kier molecular flexibility index (Phi) is 7.77. The van der Waals surface area contributed by atoms with Crippen molar-refractivity contribution in [3.05, 3.63) is 39.2 Å². The Bertz CT molecular complexity index is 1110. The van der Waals surface area contributed by atoms with Crippen molar-refractivity contribution in [3.63, 3.8) is 0 Å². The molecule has 3 rings (SSSR count). The van der Waals surface area contributed by atoms with E-state index in [4.69, 9.17) is 9.47 Å². The molecule has 0 aliphatic heterocycles. The summed E-state index contributed by atoms with van der Waals surface area (Å²) in [6, 6.07) is 3.22. The quantitative estimate of drug-likeness (QED) is 0.241. The van der Waals surface area contributed by atoms with Crippen molar-refractivity contribution < 1.29 is 23.0 Å². The van der Waals surface area contributed by atoms with Crippen molar-refractivity contribution >= 4 is 47.8 Å². The third-order valence-electron chi connectivity index (χ3n) is 4.56. The minimum absolute atomic E-state index is 0.0941. The highest BCUT2D eigenvalue weighted by atomic mass is 127. The molecule has 2 aromatic heterocycles. The van der Waals surface area contributed by atoms with E-state index in [1.54, 1.807) is 4.68 Å². The van der Waals surface area contributed by atoms with Gasteiger partial charge in [-0.2, -0.15) is 5.10 Å². The molecule has 1 aromatic carbocycles. The highest BCUT2D eigenvalue weighted by Crippen LogP contribution is 2.27. The first-order valence-electron chi connectivity index (χ1n) is 9.88. The number of nitrogens with zero attached hydrogens (tertiary/aromatic N) is 4. The Morgan fingerprint density at radius 1 is 1.25 bits per heavy atom. The minimum Gasteiger partial charge on any atom is -0.445 e. The van der Waals surface area contributed by atoms with Crippen molar-refractivity contribution in [3.8, 4) is 11.4 Å². The summed E-state index contributed by atoms with van der Waals surface area (Å²) in [6.45, 7) is 7.44. The van der Waals surface area contributed by atoms with Crippen LogP contribution in [0.3, 0.4) is 0 Å². The van der Waals surface area contributed by atoms with Crippen LogP contribution in [0.15, 0.2) is 18.3 Å². The van der Waals surface area contributed by atoms with Crippen LogP contribution in [0, 0.1) is 15.3 Å². The van der Waals surface area contributed by atoms with Crippen LogP contribution in [0.1, 0.15) is 5.56 Å². The number of alkyl carbamates (subject to hydrolysis) is 1. The SMILES string of the molecule is CNC(=O)OCc1cc(F)c(-c2ncc3c(n2)c(I)nn3COCC[Si](C)(C)C)c(F)c1. The number of hydrogen-bond donors (Lipinski definition) is 1. The summed E-state index contributed by atoms with van der Waals surface area (Å²) in [5.41, 5.74) is 0.912. The van der Waals surface area contributed by atoms with Gasteiger partial charge in [-0.05, 0) is 46.3 Å². The molecule has 172 valence electrons. The number of ether oxygens (including phenoxy) is 2. The Balaban J connectivity index is 1.83. The van der Waals surface area contributed by atoms with Crippen LogP contribution in [-0.4, -0.2) is 47.6 Å². The standard InChI is InChI=1S/C20H24F2IN5O3Si/c1-24-20(29)31-10-12-7-13(21)16(14(22)8-12)19-25-9-15-17(26-19)18(23)27-28(15)11-30-5-6-32(2,3)4/h7-9H,5-6,10-11H2,1-4H3,(H,24,29). The lowest BCUT2D eigenvalue weighted by atomic mass is 10.1. The second-order valence-electron chi connectivity index (χ2n) is 8.33. The van der Waals surface area contributed by atoms with E-state index >= 15 is 0 Å². The van der Waals surface area contributed by atoms with Crippen molar-refractivity contribution in [2.24, 2.45) is 0 Å². The zero-order valence-corrected chi connectivity index (χ0v) is 21.4. The summed E-state index contributed by atoms with van der Waals surface area (Å²) in [5, 5.41) is 6.68. The molecule has 0 radical (unpaired) electrons. The van der Waals surface area contributed by atoms with Crippen molar-refractivity contribution in [2.75, 3.05) is 13.7 Å². The van der Waals surface area contributed by atoms with E-state index in [1.165, 1.54) is 13.2 Å². The van der Waals surface area contributed by atoms with Crippen LogP contribution < -0.4 is 5.32 Å². The van der Waals surface area contributed by atoms with E-state index in [9.17, 15) is 13.6 Å². The number of benzene rings is 1. The Morgan fingerprint density at radius 3 is 2.56 bits per heavy atom. The lowest BCUT2D eigenvalue weighted by molar-refractivity contribution is 0.0814. The second-order valence-corrected chi connectivity index (χ2v) is 15.0. The summed E-state index contributed by atoms with van der Waals surface area (Å²) in [6.07, 6.45) is 0.788. The highest BCUT2D eigenvalue weighted by Gasteiger charge is 2.20. The number of aromatic nitrogens is 4. The molecule has 2 heterocycles. The number of rotatable bonds is 8. The third kappa shape index (κ3) is 5.98. The van der Waals surface area contributed by atoms with E-state index in [2.05, 4.69) is 40.0 Å². The normalized spacial score (nSPS) is 11.7. The molecular formula is C20H24F2IN5O3Si. The molecule has 12 heteroatoms. The van der Waals surface area contributed by atoms with Crippen molar-refractivity contribution in [1.29, 1.82) is 0 Å². The number of carbonyl (C=O) groups excluding carboxylic acids is 1. The number of hydrogen-bond acceptors (Lipinski definition) is 6. The molecule has 0 unspecified atom stereocenters. The monoisotopic (exact) mass is 575 g/mol. The first-order chi connectivity index (χ1) is 15.1. The molecule has 3 aromatic rings. The lowest BCUT2D eigenvalue weighted by Crippen LogP contribution is -2.22. The maximum atomic E-state index is 14.7. The number of amides is 1. The van der Waals surface area contributed by atoms with Gasteiger partial charge in [0.1, 0.15) is 39.7 Å². The molecule has 0 bridgehead atoms. The molecular weight excluding hydrogens is 551 g/mol. The fourth-order valence-electron chi connectivity index (χ4n) is 2.82. The fraction of sp³-hybridized carbons (Fsp3) is 0.400. The van der Waals surface area contributed by atoms with Gasteiger partial charge in [-0.15, -0.1) is 0 Å². The zero-order valence-electron chi connectivity index (χ0n) is 18.2. The van der Waals surface area contributed by atoms with Gasteiger partial charge in [0.15, 0.2) is 5.82 Å². The minimum atomic E-state index is -1.20. The molecule has 0 saturated carbocycles. The van der Waals surface area contributed by atoms with Gasteiger partial charge in [0.05, 0.1) is 11.8 Å². The highest BCUT2D eigenvalue weighted by molar-refractivity contribution is 14.1. The summed E-state index contributed by atoms with van der Waals surface area (Å²) in [5.74, 6) is -1.79.